The van der Waals surface area contributed by atoms with Crippen molar-refractivity contribution in [3.8, 4) is 11.5 Å². The molecular weight excluding hydrogens is 313 g/mol. The monoisotopic (exact) mass is 326 g/mol. The van der Waals surface area contributed by atoms with Crippen LogP contribution in [0.1, 0.15) is 43.1 Å². The highest BCUT2D eigenvalue weighted by Crippen LogP contribution is 2.40. The number of rotatable bonds is 4. The van der Waals surface area contributed by atoms with Crippen LogP contribution in [0.25, 0.3) is 11.5 Å². The summed E-state index contributed by atoms with van der Waals surface area (Å²) in [7, 11) is 0. The van der Waals surface area contributed by atoms with Crippen LogP contribution in [-0.4, -0.2) is 19.7 Å². The molecule has 2 saturated carbocycles. The van der Waals surface area contributed by atoms with E-state index in [-0.39, 0.29) is 23.3 Å². The molecule has 2 aromatic heterocycles. The summed E-state index contributed by atoms with van der Waals surface area (Å²) < 4.78 is 45.1. The molecule has 2 aliphatic rings. The quantitative estimate of drug-likeness (QED) is 0.863. The third-order valence-electron chi connectivity index (χ3n) is 4.03. The van der Waals surface area contributed by atoms with Crippen LogP contribution in [0.4, 0.5) is 13.2 Å². The standard InChI is InChI=1S/C14H13F3N4O2/c15-14(16,17)10-5-9(18-11(19-10)8-3-4-8)12-20-23-13(22)21(12)6-7-1-2-7/h5,7-8H,1-4,6H2. The fraction of sp³-hybridized carbons (Fsp3) is 0.571. The smallest absolute Gasteiger partial charge is 0.295 e. The lowest BCUT2D eigenvalue weighted by Crippen LogP contribution is -2.18. The van der Waals surface area contributed by atoms with Crippen LogP contribution >= 0.6 is 0 Å². The lowest BCUT2D eigenvalue weighted by molar-refractivity contribution is -0.141. The van der Waals surface area contributed by atoms with Gasteiger partial charge < -0.3 is 0 Å². The molecule has 0 N–H and O–H groups in total. The Hall–Kier alpha value is -2.19. The molecule has 2 aliphatic carbocycles. The minimum absolute atomic E-state index is 0.0132. The van der Waals surface area contributed by atoms with Gasteiger partial charge in [0, 0.05) is 12.5 Å². The Bertz CT molecular complexity index is 803. The van der Waals surface area contributed by atoms with Crippen LogP contribution in [-0.2, 0) is 12.7 Å². The van der Waals surface area contributed by atoms with Gasteiger partial charge in [0.05, 0.1) is 0 Å². The number of halogens is 3. The maximum atomic E-state index is 13.1. The zero-order valence-electron chi connectivity index (χ0n) is 12.0. The van der Waals surface area contributed by atoms with Gasteiger partial charge in [0.2, 0.25) is 5.82 Å². The molecule has 0 aromatic carbocycles. The summed E-state index contributed by atoms with van der Waals surface area (Å²) in [6.07, 6.45) is -1.06. The molecule has 0 unspecified atom stereocenters. The number of alkyl halides is 3. The van der Waals surface area contributed by atoms with E-state index in [1.807, 2.05) is 0 Å². The van der Waals surface area contributed by atoms with E-state index >= 15 is 0 Å². The Morgan fingerprint density at radius 2 is 1.96 bits per heavy atom. The van der Waals surface area contributed by atoms with Crippen molar-refractivity contribution in [1.82, 2.24) is 19.7 Å². The summed E-state index contributed by atoms with van der Waals surface area (Å²) in [5, 5.41) is 3.63. The molecule has 9 heteroatoms. The van der Waals surface area contributed by atoms with Crippen molar-refractivity contribution in [3.63, 3.8) is 0 Å². The minimum Gasteiger partial charge on any atom is -0.295 e. The first-order chi connectivity index (χ1) is 10.9. The van der Waals surface area contributed by atoms with E-state index in [2.05, 4.69) is 19.6 Å². The highest BCUT2D eigenvalue weighted by atomic mass is 19.4. The van der Waals surface area contributed by atoms with E-state index in [1.165, 1.54) is 4.57 Å². The van der Waals surface area contributed by atoms with Crippen LogP contribution in [0, 0.1) is 5.92 Å². The lowest BCUT2D eigenvalue weighted by Gasteiger charge is -2.10. The van der Waals surface area contributed by atoms with Gasteiger partial charge in [-0.05, 0) is 37.7 Å². The van der Waals surface area contributed by atoms with E-state index in [0.717, 1.165) is 31.7 Å². The summed E-state index contributed by atoms with van der Waals surface area (Å²) >= 11 is 0. The third-order valence-corrected chi connectivity index (χ3v) is 4.03. The lowest BCUT2D eigenvalue weighted by atomic mass is 10.2. The van der Waals surface area contributed by atoms with Crippen molar-refractivity contribution in [2.24, 2.45) is 5.92 Å². The average Bonchev–Trinajstić information content (AvgIpc) is 3.39. The topological polar surface area (TPSA) is 73.8 Å². The first kappa shape index (κ1) is 14.4. The van der Waals surface area contributed by atoms with Crippen molar-refractivity contribution in [2.45, 2.75) is 44.3 Å². The molecule has 0 amide bonds. The molecule has 0 bridgehead atoms. The molecule has 0 spiro atoms. The summed E-state index contributed by atoms with van der Waals surface area (Å²) in [4.78, 5) is 19.6. The Kier molecular flexibility index (Phi) is 3.07. The summed E-state index contributed by atoms with van der Waals surface area (Å²) in [5.41, 5.74) is -1.03. The van der Waals surface area contributed by atoms with E-state index in [4.69, 9.17) is 0 Å². The molecular formula is C14H13F3N4O2. The predicted molar refractivity (Wildman–Crippen MR) is 71.5 cm³/mol. The van der Waals surface area contributed by atoms with Crippen LogP contribution in [0.3, 0.4) is 0 Å². The van der Waals surface area contributed by atoms with Crippen molar-refractivity contribution >= 4 is 0 Å². The zero-order chi connectivity index (χ0) is 16.2. The number of hydrogen-bond donors (Lipinski definition) is 0. The van der Waals surface area contributed by atoms with Crippen LogP contribution < -0.4 is 5.76 Å². The van der Waals surface area contributed by atoms with Crippen molar-refractivity contribution in [3.05, 3.63) is 28.1 Å². The molecule has 0 atom stereocenters. The largest absolute Gasteiger partial charge is 0.441 e. The molecule has 2 aromatic rings. The molecule has 122 valence electrons. The van der Waals surface area contributed by atoms with Gasteiger partial charge in [-0.15, -0.1) is 0 Å². The van der Waals surface area contributed by atoms with E-state index in [9.17, 15) is 18.0 Å². The summed E-state index contributed by atoms with van der Waals surface area (Å²) in [5.74, 6) is -0.184. The van der Waals surface area contributed by atoms with Crippen LogP contribution in [0.5, 0.6) is 0 Å². The fourth-order valence-corrected chi connectivity index (χ4v) is 2.42. The van der Waals surface area contributed by atoms with Gasteiger partial charge in [0.25, 0.3) is 0 Å². The van der Waals surface area contributed by atoms with Crippen LogP contribution in [0.2, 0.25) is 0 Å². The van der Waals surface area contributed by atoms with E-state index in [0.29, 0.717) is 12.5 Å². The second-order valence-corrected chi connectivity index (χ2v) is 6.09. The summed E-state index contributed by atoms with van der Waals surface area (Å²) in [6.45, 7) is 0.391. The van der Waals surface area contributed by atoms with E-state index in [1.54, 1.807) is 0 Å². The van der Waals surface area contributed by atoms with Crippen LogP contribution in [0.15, 0.2) is 15.4 Å². The Morgan fingerprint density at radius 3 is 2.57 bits per heavy atom. The highest BCUT2D eigenvalue weighted by molar-refractivity contribution is 5.50. The minimum atomic E-state index is -4.58. The first-order valence-corrected chi connectivity index (χ1v) is 7.45. The van der Waals surface area contributed by atoms with E-state index < -0.39 is 17.6 Å². The number of nitrogens with zero attached hydrogens (tertiary/aromatic N) is 4. The van der Waals surface area contributed by atoms with Gasteiger partial charge >= 0.3 is 11.9 Å². The van der Waals surface area contributed by atoms with Crippen molar-refractivity contribution < 1.29 is 17.7 Å². The number of hydrogen-bond acceptors (Lipinski definition) is 5. The van der Waals surface area contributed by atoms with Gasteiger partial charge in [-0.1, -0.05) is 5.16 Å². The number of aromatic nitrogens is 4. The van der Waals surface area contributed by atoms with Gasteiger partial charge in [-0.2, -0.15) is 13.2 Å². The zero-order valence-corrected chi connectivity index (χ0v) is 12.0. The first-order valence-electron chi connectivity index (χ1n) is 7.45. The highest BCUT2D eigenvalue weighted by Gasteiger charge is 2.37. The molecule has 23 heavy (non-hydrogen) atoms. The molecule has 0 saturated heterocycles. The van der Waals surface area contributed by atoms with Gasteiger partial charge in [0.15, 0.2) is 0 Å². The molecule has 0 radical (unpaired) electrons. The van der Waals surface area contributed by atoms with Crippen molar-refractivity contribution in [1.29, 1.82) is 0 Å². The fourth-order valence-electron chi connectivity index (χ4n) is 2.42. The SMILES string of the molecule is O=c1onc(-c2cc(C(F)(F)F)nc(C3CC3)n2)n1CC1CC1. The molecule has 0 aliphatic heterocycles. The second kappa shape index (κ2) is 4.90. The van der Waals surface area contributed by atoms with Gasteiger partial charge in [-0.3, -0.25) is 9.09 Å². The predicted octanol–water partition coefficient (Wildman–Crippen LogP) is 2.60. The Labute approximate surface area is 128 Å². The molecule has 2 heterocycles. The van der Waals surface area contributed by atoms with Crippen molar-refractivity contribution in [2.75, 3.05) is 0 Å². The Balaban J connectivity index is 1.81. The summed E-state index contributed by atoms with van der Waals surface area (Å²) in [6, 6.07) is 0.826. The van der Waals surface area contributed by atoms with Gasteiger partial charge in [0.1, 0.15) is 17.2 Å². The molecule has 4 rings (SSSR count). The second-order valence-electron chi connectivity index (χ2n) is 6.09. The maximum absolute atomic E-state index is 13.1. The normalized spacial score (nSPS) is 18.4. The Morgan fingerprint density at radius 1 is 1.22 bits per heavy atom. The average molecular weight is 326 g/mol. The maximum Gasteiger partial charge on any atom is 0.441 e. The van der Waals surface area contributed by atoms with Gasteiger partial charge in [-0.25, -0.2) is 14.8 Å². The molecule has 6 nitrogen and oxygen atoms in total. The molecule has 2 fully saturated rings. The third kappa shape index (κ3) is 2.87.